The first kappa shape index (κ1) is 16.9. The SMILES string of the molecule is CN1c2nc(C3CCNCC3F)ccc2N(CC2CC2(F)F)S1(=O)=O. The van der Waals surface area contributed by atoms with E-state index in [0.29, 0.717) is 18.7 Å². The van der Waals surface area contributed by atoms with E-state index in [-0.39, 0.29) is 31.0 Å². The molecule has 3 unspecified atom stereocenters. The Bertz CT molecular complexity index is 804. The van der Waals surface area contributed by atoms with Crippen LogP contribution in [0.2, 0.25) is 0 Å². The van der Waals surface area contributed by atoms with Crippen molar-refractivity contribution in [2.24, 2.45) is 5.92 Å². The Morgan fingerprint density at radius 1 is 1.40 bits per heavy atom. The van der Waals surface area contributed by atoms with Crippen LogP contribution < -0.4 is 13.9 Å². The predicted molar refractivity (Wildman–Crippen MR) is 87.1 cm³/mol. The number of alkyl halides is 3. The van der Waals surface area contributed by atoms with Gasteiger partial charge in [0.25, 0.3) is 5.92 Å². The molecule has 1 N–H and O–H groups in total. The van der Waals surface area contributed by atoms with Gasteiger partial charge in [-0.15, -0.1) is 0 Å². The molecule has 4 rings (SSSR count). The molecule has 1 aromatic heterocycles. The van der Waals surface area contributed by atoms with E-state index >= 15 is 0 Å². The summed E-state index contributed by atoms with van der Waals surface area (Å²) >= 11 is 0. The monoisotopic (exact) mass is 376 g/mol. The molecule has 138 valence electrons. The molecular formula is C15H19F3N4O2S. The number of hydrogen-bond donors (Lipinski definition) is 1. The van der Waals surface area contributed by atoms with E-state index < -0.39 is 34.1 Å². The number of nitrogens with zero attached hydrogens (tertiary/aromatic N) is 3. The van der Waals surface area contributed by atoms with E-state index in [9.17, 15) is 21.6 Å². The molecule has 3 heterocycles. The second-order valence-corrected chi connectivity index (χ2v) is 8.75. The lowest BCUT2D eigenvalue weighted by atomic mass is 9.92. The summed E-state index contributed by atoms with van der Waals surface area (Å²) in [5.74, 6) is -4.00. The summed E-state index contributed by atoms with van der Waals surface area (Å²) in [7, 11) is -2.59. The van der Waals surface area contributed by atoms with Crippen molar-refractivity contribution < 1.29 is 21.6 Å². The topological polar surface area (TPSA) is 65.5 Å². The zero-order valence-electron chi connectivity index (χ0n) is 13.6. The Morgan fingerprint density at radius 2 is 2.12 bits per heavy atom. The number of piperidine rings is 1. The zero-order valence-corrected chi connectivity index (χ0v) is 14.4. The minimum absolute atomic E-state index is 0.173. The number of rotatable bonds is 3. The fraction of sp³-hybridized carbons (Fsp3) is 0.667. The van der Waals surface area contributed by atoms with Crippen LogP contribution in [-0.2, 0) is 10.2 Å². The molecule has 2 aliphatic heterocycles. The second-order valence-electron chi connectivity index (χ2n) is 6.86. The average Bonchev–Trinajstić information content (AvgIpc) is 3.12. The van der Waals surface area contributed by atoms with Gasteiger partial charge in [0.1, 0.15) is 6.17 Å². The van der Waals surface area contributed by atoms with Crippen molar-refractivity contribution in [3.63, 3.8) is 0 Å². The molecule has 1 saturated heterocycles. The molecule has 1 aromatic rings. The zero-order chi connectivity index (χ0) is 18.0. The highest BCUT2D eigenvalue weighted by atomic mass is 32.2. The molecule has 10 heteroatoms. The molecule has 0 amide bonds. The fourth-order valence-electron chi connectivity index (χ4n) is 3.48. The van der Waals surface area contributed by atoms with Gasteiger partial charge in [-0.25, -0.2) is 26.8 Å². The highest BCUT2D eigenvalue weighted by molar-refractivity contribution is 7.94. The summed E-state index contributed by atoms with van der Waals surface area (Å²) in [6.07, 6.45) is -0.826. The Labute approximate surface area is 144 Å². The van der Waals surface area contributed by atoms with E-state index in [1.54, 1.807) is 12.1 Å². The summed E-state index contributed by atoms with van der Waals surface area (Å²) < 4.78 is 67.7. The van der Waals surface area contributed by atoms with E-state index in [2.05, 4.69) is 10.3 Å². The molecule has 0 aromatic carbocycles. The molecule has 25 heavy (non-hydrogen) atoms. The minimum Gasteiger partial charge on any atom is -0.314 e. The lowest BCUT2D eigenvalue weighted by molar-refractivity contribution is 0.101. The van der Waals surface area contributed by atoms with Crippen molar-refractivity contribution in [3.05, 3.63) is 17.8 Å². The van der Waals surface area contributed by atoms with Gasteiger partial charge in [-0.05, 0) is 25.1 Å². The van der Waals surface area contributed by atoms with Gasteiger partial charge in [0.05, 0.1) is 5.69 Å². The molecule has 1 aliphatic carbocycles. The molecule has 2 fully saturated rings. The van der Waals surface area contributed by atoms with E-state index in [0.717, 1.165) is 8.61 Å². The normalized spacial score (nSPS) is 32.6. The highest BCUT2D eigenvalue weighted by Crippen LogP contribution is 2.51. The molecule has 0 bridgehead atoms. The van der Waals surface area contributed by atoms with Crippen LogP contribution in [0, 0.1) is 5.92 Å². The largest absolute Gasteiger partial charge is 0.327 e. The van der Waals surface area contributed by atoms with E-state index in [4.69, 9.17) is 0 Å². The lowest BCUT2D eigenvalue weighted by Gasteiger charge is -2.26. The summed E-state index contributed by atoms with van der Waals surface area (Å²) in [4.78, 5) is 4.37. The fourth-order valence-corrected chi connectivity index (χ4v) is 4.89. The summed E-state index contributed by atoms with van der Waals surface area (Å²) in [6, 6.07) is 3.15. The first-order valence-electron chi connectivity index (χ1n) is 8.22. The number of nitrogens with one attached hydrogen (secondary N) is 1. The van der Waals surface area contributed by atoms with Crippen LogP contribution in [0.15, 0.2) is 12.1 Å². The third-order valence-electron chi connectivity index (χ3n) is 5.20. The van der Waals surface area contributed by atoms with Gasteiger partial charge in [-0.2, -0.15) is 8.42 Å². The van der Waals surface area contributed by atoms with Crippen LogP contribution in [0.4, 0.5) is 24.7 Å². The highest BCUT2D eigenvalue weighted by Gasteiger charge is 2.59. The quantitative estimate of drug-likeness (QED) is 0.871. The Hall–Kier alpha value is -1.55. The van der Waals surface area contributed by atoms with Gasteiger partial charge >= 0.3 is 10.2 Å². The molecular weight excluding hydrogens is 357 g/mol. The van der Waals surface area contributed by atoms with Crippen molar-refractivity contribution in [1.82, 2.24) is 10.3 Å². The van der Waals surface area contributed by atoms with Crippen molar-refractivity contribution in [1.29, 1.82) is 0 Å². The first-order valence-corrected chi connectivity index (χ1v) is 9.61. The van der Waals surface area contributed by atoms with E-state index in [1.807, 2.05) is 0 Å². The Morgan fingerprint density at radius 3 is 2.76 bits per heavy atom. The number of anilines is 2. The van der Waals surface area contributed by atoms with Gasteiger partial charge in [0, 0.05) is 44.1 Å². The number of fused-ring (bicyclic) bond motifs is 1. The molecule has 0 radical (unpaired) electrons. The summed E-state index contributed by atoms with van der Waals surface area (Å²) in [5.41, 5.74) is 0.770. The average molecular weight is 376 g/mol. The van der Waals surface area contributed by atoms with Crippen molar-refractivity contribution in [2.75, 3.05) is 35.3 Å². The van der Waals surface area contributed by atoms with Crippen LogP contribution in [0.3, 0.4) is 0 Å². The maximum atomic E-state index is 14.1. The predicted octanol–water partition coefficient (Wildman–Crippen LogP) is 1.65. The van der Waals surface area contributed by atoms with Crippen LogP contribution >= 0.6 is 0 Å². The van der Waals surface area contributed by atoms with Crippen LogP contribution in [0.1, 0.15) is 24.5 Å². The lowest BCUT2D eigenvalue weighted by Crippen LogP contribution is -2.37. The van der Waals surface area contributed by atoms with Crippen molar-refractivity contribution in [2.45, 2.75) is 30.9 Å². The second kappa shape index (κ2) is 5.47. The first-order chi connectivity index (χ1) is 11.7. The van der Waals surface area contributed by atoms with E-state index in [1.165, 1.54) is 7.05 Å². The minimum atomic E-state index is -3.93. The molecule has 3 aliphatic rings. The van der Waals surface area contributed by atoms with Crippen LogP contribution in [0.5, 0.6) is 0 Å². The summed E-state index contributed by atoms with van der Waals surface area (Å²) in [5, 5.41) is 2.96. The number of pyridine rings is 1. The van der Waals surface area contributed by atoms with Gasteiger partial charge in [0.2, 0.25) is 0 Å². The Balaban J connectivity index is 1.67. The van der Waals surface area contributed by atoms with Gasteiger partial charge < -0.3 is 5.32 Å². The van der Waals surface area contributed by atoms with Crippen molar-refractivity contribution in [3.8, 4) is 0 Å². The third-order valence-corrected chi connectivity index (χ3v) is 6.97. The number of halogens is 3. The van der Waals surface area contributed by atoms with Gasteiger partial charge in [-0.3, -0.25) is 0 Å². The van der Waals surface area contributed by atoms with Crippen molar-refractivity contribution >= 4 is 21.7 Å². The molecule has 0 spiro atoms. The standard InChI is InChI=1S/C15H19F3N4O2S/c1-21-14-13(22(25(21,23)24)8-9-6-15(9,17)18)3-2-12(20-14)10-4-5-19-7-11(10)16/h2-3,9-11,19H,4-8H2,1H3. The maximum Gasteiger partial charge on any atom is 0.327 e. The molecule has 6 nitrogen and oxygen atoms in total. The molecule has 1 saturated carbocycles. The Kier molecular flexibility index (Phi) is 3.70. The third kappa shape index (κ3) is 2.66. The smallest absolute Gasteiger partial charge is 0.314 e. The van der Waals surface area contributed by atoms with Gasteiger partial charge in [0.15, 0.2) is 5.82 Å². The van der Waals surface area contributed by atoms with Crippen LogP contribution in [0.25, 0.3) is 0 Å². The number of aromatic nitrogens is 1. The maximum absolute atomic E-state index is 14.1. The summed E-state index contributed by atoms with van der Waals surface area (Å²) in [6.45, 7) is 0.633. The van der Waals surface area contributed by atoms with Crippen LogP contribution in [-0.4, -0.2) is 52.2 Å². The van der Waals surface area contributed by atoms with Gasteiger partial charge in [-0.1, -0.05) is 0 Å². The number of hydrogen-bond acceptors (Lipinski definition) is 4. The molecule has 3 atom stereocenters.